The van der Waals surface area contributed by atoms with Crippen LogP contribution < -0.4 is 0 Å². The Bertz CT molecular complexity index is 867. The summed E-state index contributed by atoms with van der Waals surface area (Å²) in [4.78, 5) is 11.7. The van der Waals surface area contributed by atoms with Crippen LogP contribution in [0.1, 0.15) is 17.0 Å². The zero-order chi connectivity index (χ0) is 14.1. The maximum Gasteiger partial charge on any atom is 0.178 e. The van der Waals surface area contributed by atoms with Gasteiger partial charge in [0.15, 0.2) is 4.77 Å². The maximum atomic E-state index is 9.00. The third kappa shape index (κ3) is 2.19. The van der Waals surface area contributed by atoms with Crippen LogP contribution in [0.5, 0.6) is 0 Å². The van der Waals surface area contributed by atoms with Gasteiger partial charge in [-0.3, -0.25) is 9.97 Å². The van der Waals surface area contributed by atoms with E-state index in [2.05, 4.69) is 21.0 Å². The molecule has 3 rings (SSSR count). The van der Waals surface area contributed by atoms with Gasteiger partial charge < -0.3 is 9.55 Å². The second-order valence-electron chi connectivity index (χ2n) is 4.51. The molecule has 0 radical (unpaired) electrons. The average molecular weight is 281 g/mol. The third-order valence-electron chi connectivity index (χ3n) is 3.06. The van der Waals surface area contributed by atoms with E-state index < -0.39 is 0 Å². The number of benzene rings is 1. The first kappa shape index (κ1) is 12.5. The molecule has 2 aromatic heterocycles. The van der Waals surface area contributed by atoms with E-state index in [9.17, 15) is 0 Å². The van der Waals surface area contributed by atoms with E-state index in [0.29, 0.717) is 16.9 Å². The Morgan fingerprint density at radius 1 is 1.35 bits per heavy atom. The highest BCUT2D eigenvalue weighted by Crippen LogP contribution is 2.17. The lowest BCUT2D eigenvalue weighted by molar-refractivity contribution is 0.776. The fourth-order valence-electron chi connectivity index (χ4n) is 2.04. The summed E-state index contributed by atoms with van der Waals surface area (Å²) >= 11 is 5.33. The molecule has 6 heteroatoms. The first-order valence-corrected chi connectivity index (χ1v) is 6.48. The number of H-pyrrole nitrogens is 1. The van der Waals surface area contributed by atoms with Crippen LogP contribution in [0.3, 0.4) is 0 Å². The second kappa shape index (κ2) is 4.87. The predicted octanol–water partition coefficient (Wildman–Crippen LogP) is 2.72. The summed E-state index contributed by atoms with van der Waals surface area (Å²) in [7, 11) is 0. The molecule has 0 aliphatic rings. The van der Waals surface area contributed by atoms with Crippen molar-refractivity contribution in [2.45, 2.75) is 13.5 Å². The molecule has 2 heterocycles. The Hall–Kier alpha value is -2.52. The predicted molar refractivity (Wildman–Crippen MR) is 77.7 cm³/mol. The first-order valence-electron chi connectivity index (χ1n) is 6.07. The van der Waals surface area contributed by atoms with E-state index >= 15 is 0 Å². The van der Waals surface area contributed by atoms with Gasteiger partial charge in [-0.05, 0) is 37.3 Å². The van der Waals surface area contributed by atoms with Crippen molar-refractivity contribution in [1.82, 2.24) is 19.5 Å². The maximum absolute atomic E-state index is 9.00. The number of nitrogens with zero attached hydrogens (tertiary/aromatic N) is 4. The van der Waals surface area contributed by atoms with Crippen LogP contribution in [0.25, 0.3) is 11.0 Å². The smallest absolute Gasteiger partial charge is 0.178 e. The van der Waals surface area contributed by atoms with Crippen molar-refractivity contribution in [3.63, 3.8) is 0 Å². The standard InChI is InChI=1S/C14H11N5S/c1-9-6-17-11(7-16-9)8-19-13-4-10(5-15)2-3-12(13)18-14(19)20/h2-4,6-7H,8H2,1H3,(H,18,20). The molecule has 0 amide bonds. The number of imidazole rings is 1. The summed E-state index contributed by atoms with van der Waals surface area (Å²) in [6, 6.07) is 7.59. The van der Waals surface area contributed by atoms with Crippen molar-refractivity contribution in [2.75, 3.05) is 0 Å². The van der Waals surface area contributed by atoms with Gasteiger partial charge in [0.25, 0.3) is 0 Å². The molecular weight excluding hydrogens is 270 g/mol. The van der Waals surface area contributed by atoms with Crippen molar-refractivity contribution in [2.24, 2.45) is 0 Å². The quantitative estimate of drug-likeness (QED) is 0.733. The van der Waals surface area contributed by atoms with Crippen LogP contribution in [0.4, 0.5) is 0 Å². The Balaban J connectivity index is 2.11. The molecule has 0 bridgehead atoms. The van der Waals surface area contributed by atoms with Gasteiger partial charge in [0.2, 0.25) is 0 Å². The Morgan fingerprint density at radius 2 is 2.20 bits per heavy atom. The molecule has 0 fully saturated rings. The van der Waals surface area contributed by atoms with Crippen molar-refractivity contribution in [1.29, 1.82) is 5.26 Å². The largest absolute Gasteiger partial charge is 0.331 e. The van der Waals surface area contributed by atoms with Crippen molar-refractivity contribution < 1.29 is 0 Å². The molecular formula is C14H11N5S. The average Bonchev–Trinajstić information content (AvgIpc) is 2.77. The molecule has 1 N–H and O–H groups in total. The molecule has 98 valence electrons. The van der Waals surface area contributed by atoms with E-state index in [1.165, 1.54) is 0 Å². The molecule has 5 nitrogen and oxygen atoms in total. The summed E-state index contributed by atoms with van der Waals surface area (Å²) < 4.78 is 2.53. The van der Waals surface area contributed by atoms with E-state index in [0.717, 1.165) is 22.4 Å². The van der Waals surface area contributed by atoms with E-state index in [-0.39, 0.29) is 0 Å². The van der Waals surface area contributed by atoms with Crippen LogP contribution in [0.2, 0.25) is 0 Å². The molecule has 20 heavy (non-hydrogen) atoms. The molecule has 0 saturated heterocycles. The van der Waals surface area contributed by atoms with Crippen LogP contribution in [-0.4, -0.2) is 19.5 Å². The highest BCUT2D eigenvalue weighted by Gasteiger charge is 2.07. The summed E-state index contributed by atoms with van der Waals surface area (Å²) in [5, 5.41) is 9.00. The Kier molecular flexibility index (Phi) is 3.05. The highest BCUT2D eigenvalue weighted by atomic mass is 32.1. The van der Waals surface area contributed by atoms with Gasteiger partial charge in [-0.1, -0.05) is 0 Å². The summed E-state index contributed by atoms with van der Waals surface area (Å²) in [5.41, 5.74) is 4.12. The van der Waals surface area contributed by atoms with Crippen LogP contribution in [-0.2, 0) is 6.54 Å². The lowest BCUT2D eigenvalue weighted by atomic mass is 10.2. The molecule has 1 aromatic carbocycles. The Labute approximate surface area is 120 Å². The van der Waals surface area contributed by atoms with Gasteiger partial charge in [-0.25, -0.2) is 0 Å². The van der Waals surface area contributed by atoms with Gasteiger partial charge in [0.1, 0.15) is 0 Å². The minimum Gasteiger partial charge on any atom is -0.331 e. The zero-order valence-electron chi connectivity index (χ0n) is 10.8. The molecule has 0 unspecified atom stereocenters. The molecule has 0 aliphatic heterocycles. The van der Waals surface area contributed by atoms with Crippen LogP contribution in [0, 0.1) is 23.0 Å². The number of aromatic amines is 1. The topological polar surface area (TPSA) is 70.3 Å². The number of nitriles is 1. The number of hydrogen-bond donors (Lipinski definition) is 1. The summed E-state index contributed by atoms with van der Waals surface area (Å²) in [5.74, 6) is 0. The number of fused-ring (bicyclic) bond motifs is 1. The first-order chi connectivity index (χ1) is 9.67. The molecule has 0 spiro atoms. The van der Waals surface area contributed by atoms with E-state index in [1.54, 1.807) is 18.5 Å². The minimum absolute atomic E-state index is 0.529. The van der Waals surface area contributed by atoms with Crippen LogP contribution >= 0.6 is 12.2 Å². The van der Waals surface area contributed by atoms with E-state index in [4.69, 9.17) is 17.5 Å². The minimum atomic E-state index is 0.529. The van der Waals surface area contributed by atoms with Gasteiger partial charge in [-0.15, -0.1) is 0 Å². The number of aryl methyl sites for hydroxylation is 1. The van der Waals surface area contributed by atoms with Crippen molar-refractivity contribution >= 4 is 23.3 Å². The lowest BCUT2D eigenvalue weighted by Crippen LogP contribution is -2.03. The number of rotatable bonds is 2. The van der Waals surface area contributed by atoms with Gasteiger partial charge in [0.05, 0.1) is 46.8 Å². The molecule has 0 saturated carbocycles. The normalized spacial score (nSPS) is 10.6. The third-order valence-corrected chi connectivity index (χ3v) is 3.38. The Morgan fingerprint density at radius 3 is 2.90 bits per heavy atom. The number of nitrogens with one attached hydrogen (secondary N) is 1. The molecule has 3 aromatic rings. The monoisotopic (exact) mass is 281 g/mol. The number of aromatic nitrogens is 4. The fourth-order valence-corrected chi connectivity index (χ4v) is 2.32. The van der Waals surface area contributed by atoms with Gasteiger partial charge in [-0.2, -0.15) is 5.26 Å². The fraction of sp³-hybridized carbons (Fsp3) is 0.143. The van der Waals surface area contributed by atoms with Crippen LogP contribution in [0.15, 0.2) is 30.6 Å². The number of hydrogen-bond acceptors (Lipinski definition) is 4. The second-order valence-corrected chi connectivity index (χ2v) is 4.90. The highest BCUT2D eigenvalue weighted by molar-refractivity contribution is 7.71. The zero-order valence-corrected chi connectivity index (χ0v) is 11.6. The molecule has 0 aliphatic carbocycles. The summed E-state index contributed by atoms with van der Waals surface area (Å²) in [6.45, 7) is 2.42. The van der Waals surface area contributed by atoms with Crippen molar-refractivity contribution in [3.8, 4) is 6.07 Å². The molecule has 0 atom stereocenters. The SMILES string of the molecule is Cc1cnc(Cn2c(=S)[nH]c3ccc(C#N)cc32)cn1. The van der Waals surface area contributed by atoms with Crippen molar-refractivity contribution in [3.05, 3.63) is 52.3 Å². The summed E-state index contributed by atoms with van der Waals surface area (Å²) in [6.07, 6.45) is 3.47. The van der Waals surface area contributed by atoms with Gasteiger partial charge >= 0.3 is 0 Å². The lowest BCUT2D eigenvalue weighted by Gasteiger charge is -2.04. The van der Waals surface area contributed by atoms with E-state index in [1.807, 2.05) is 23.6 Å². The van der Waals surface area contributed by atoms with Gasteiger partial charge in [0, 0.05) is 6.20 Å².